The van der Waals surface area contributed by atoms with E-state index in [2.05, 4.69) is 4.98 Å². The maximum absolute atomic E-state index is 13.8. The summed E-state index contributed by atoms with van der Waals surface area (Å²) in [5, 5.41) is 12.3. The molecule has 0 aliphatic carbocycles. The van der Waals surface area contributed by atoms with Crippen LogP contribution in [0.4, 0.5) is 0 Å². The van der Waals surface area contributed by atoms with Crippen molar-refractivity contribution in [2.24, 2.45) is 0 Å². The summed E-state index contributed by atoms with van der Waals surface area (Å²) in [5.74, 6) is 2.32. The zero-order valence-electron chi connectivity index (χ0n) is 20.6. The fraction of sp³-hybridized carbons (Fsp3) is 0.214. The number of nitrogens with zero attached hydrogens (tertiary/aromatic N) is 2. The smallest absolute Gasteiger partial charge is 0.254 e. The van der Waals surface area contributed by atoms with Crippen molar-refractivity contribution in [1.82, 2.24) is 9.88 Å². The standard InChI is InChI=1S/C28H25ClN2O6S/c1-34-23-4-2-3-19(11-23)28(33)31(12-18-5-7-25-26(9-18)37-17-36-25)13-20-10-21(29)6-8-24(20)35-15-27-30-22(14-32)16-38-27/h2-11,16,32H,12-15,17H2,1H3. The van der Waals surface area contributed by atoms with E-state index >= 15 is 0 Å². The minimum absolute atomic E-state index is 0.121. The van der Waals surface area contributed by atoms with E-state index in [9.17, 15) is 9.90 Å². The molecule has 1 amide bonds. The molecule has 0 saturated carbocycles. The molecule has 4 aromatic rings. The molecule has 2 heterocycles. The number of carbonyl (C=O) groups excluding carboxylic acids is 1. The Bertz CT molecular complexity index is 1440. The van der Waals surface area contributed by atoms with E-state index < -0.39 is 0 Å². The molecule has 0 saturated heterocycles. The Balaban J connectivity index is 1.43. The van der Waals surface area contributed by atoms with Crippen molar-refractivity contribution in [1.29, 1.82) is 0 Å². The van der Waals surface area contributed by atoms with Gasteiger partial charge in [0, 0.05) is 28.1 Å². The summed E-state index contributed by atoms with van der Waals surface area (Å²) in [4.78, 5) is 19.8. The first-order valence-corrected chi connectivity index (χ1v) is 13.1. The number of methoxy groups -OCH3 is 1. The number of halogens is 1. The average molecular weight is 553 g/mol. The van der Waals surface area contributed by atoms with Crippen LogP contribution >= 0.6 is 22.9 Å². The van der Waals surface area contributed by atoms with Gasteiger partial charge in [-0.15, -0.1) is 11.3 Å². The highest BCUT2D eigenvalue weighted by Crippen LogP contribution is 2.34. The van der Waals surface area contributed by atoms with Crippen LogP contribution in [0, 0.1) is 0 Å². The first kappa shape index (κ1) is 25.8. The third-order valence-electron chi connectivity index (χ3n) is 5.91. The summed E-state index contributed by atoms with van der Waals surface area (Å²) < 4.78 is 22.4. The third-order valence-corrected chi connectivity index (χ3v) is 7.02. The lowest BCUT2D eigenvalue weighted by Crippen LogP contribution is -2.30. The highest BCUT2D eigenvalue weighted by Gasteiger charge is 2.21. The van der Waals surface area contributed by atoms with Crippen LogP contribution in [0.2, 0.25) is 5.02 Å². The zero-order chi connectivity index (χ0) is 26.5. The molecule has 0 spiro atoms. The molecule has 0 bridgehead atoms. The predicted octanol–water partition coefficient (Wildman–Crippen LogP) is 5.45. The van der Waals surface area contributed by atoms with E-state index in [1.165, 1.54) is 11.3 Å². The molecule has 3 aromatic carbocycles. The summed E-state index contributed by atoms with van der Waals surface area (Å²) in [6.45, 7) is 0.827. The Morgan fingerprint density at radius 1 is 1.11 bits per heavy atom. The lowest BCUT2D eigenvalue weighted by Gasteiger charge is -2.25. The number of hydrogen-bond donors (Lipinski definition) is 1. The Hall–Kier alpha value is -3.79. The molecule has 1 aromatic heterocycles. The molecular formula is C28H25ClN2O6S. The largest absolute Gasteiger partial charge is 0.497 e. The summed E-state index contributed by atoms with van der Waals surface area (Å²) >= 11 is 7.77. The normalized spacial score (nSPS) is 11.9. The maximum Gasteiger partial charge on any atom is 0.254 e. The second-order valence-electron chi connectivity index (χ2n) is 8.51. The van der Waals surface area contributed by atoms with Gasteiger partial charge in [0.1, 0.15) is 23.1 Å². The lowest BCUT2D eigenvalue weighted by molar-refractivity contribution is 0.0727. The molecule has 38 heavy (non-hydrogen) atoms. The number of aromatic nitrogens is 1. The molecule has 1 N–H and O–H groups in total. The maximum atomic E-state index is 13.8. The van der Waals surface area contributed by atoms with Gasteiger partial charge in [-0.25, -0.2) is 4.98 Å². The molecule has 1 aliphatic heterocycles. The van der Waals surface area contributed by atoms with Gasteiger partial charge in [0.25, 0.3) is 5.91 Å². The number of aliphatic hydroxyl groups is 1. The fourth-order valence-corrected chi connectivity index (χ4v) is 4.93. The van der Waals surface area contributed by atoms with Gasteiger partial charge in [-0.2, -0.15) is 0 Å². The second kappa shape index (κ2) is 11.7. The molecule has 8 nitrogen and oxygen atoms in total. The van der Waals surface area contributed by atoms with Crippen molar-refractivity contribution < 1.29 is 28.8 Å². The molecule has 0 radical (unpaired) electrons. The zero-order valence-corrected chi connectivity index (χ0v) is 22.1. The van der Waals surface area contributed by atoms with Crippen molar-refractivity contribution in [2.75, 3.05) is 13.9 Å². The Morgan fingerprint density at radius 3 is 2.79 bits per heavy atom. The molecule has 0 fully saturated rings. The summed E-state index contributed by atoms with van der Waals surface area (Å²) in [5.41, 5.74) is 2.72. The van der Waals surface area contributed by atoms with Crippen molar-refractivity contribution in [3.05, 3.63) is 98.5 Å². The number of carbonyl (C=O) groups is 1. The number of thiazole rings is 1. The van der Waals surface area contributed by atoms with Crippen LogP contribution in [0.3, 0.4) is 0 Å². The van der Waals surface area contributed by atoms with E-state index in [0.717, 1.165) is 16.1 Å². The third kappa shape index (κ3) is 6.02. The molecule has 0 atom stereocenters. The Kier molecular flexibility index (Phi) is 7.97. The molecule has 0 unspecified atom stereocenters. The first-order valence-electron chi connectivity index (χ1n) is 11.8. The van der Waals surface area contributed by atoms with Gasteiger partial charge in [0.15, 0.2) is 11.5 Å². The average Bonchev–Trinajstić information content (AvgIpc) is 3.61. The van der Waals surface area contributed by atoms with Crippen molar-refractivity contribution in [2.45, 2.75) is 26.3 Å². The van der Waals surface area contributed by atoms with Crippen LogP contribution in [-0.4, -0.2) is 34.8 Å². The quantitative estimate of drug-likeness (QED) is 0.280. The van der Waals surface area contributed by atoms with E-state index in [0.29, 0.717) is 45.8 Å². The number of benzene rings is 3. The number of amides is 1. The molecule has 10 heteroatoms. The number of hydrogen-bond acceptors (Lipinski definition) is 8. The van der Waals surface area contributed by atoms with Crippen molar-refractivity contribution in [3.63, 3.8) is 0 Å². The number of fused-ring (bicyclic) bond motifs is 1. The SMILES string of the molecule is COc1cccc(C(=O)N(Cc2ccc3c(c2)OCO3)Cc2cc(Cl)ccc2OCc2nc(CO)cs2)c1. The monoisotopic (exact) mass is 552 g/mol. The van der Waals surface area contributed by atoms with Gasteiger partial charge in [-0.3, -0.25) is 4.79 Å². The van der Waals surface area contributed by atoms with Gasteiger partial charge >= 0.3 is 0 Å². The van der Waals surface area contributed by atoms with Crippen molar-refractivity contribution >= 4 is 28.8 Å². The van der Waals surface area contributed by atoms with E-state index in [-0.39, 0.29) is 32.5 Å². The Labute approximate surface area is 228 Å². The van der Waals surface area contributed by atoms with E-state index in [4.69, 9.17) is 30.5 Å². The molecular weight excluding hydrogens is 528 g/mol. The first-order chi connectivity index (χ1) is 18.5. The summed E-state index contributed by atoms with van der Waals surface area (Å²) in [6, 6.07) is 18.0. The van der Waals surface area contributed by atoms with E-state index in [1.807, 2.05) is 18.2 Å². The molecule has 5 rings (SSSR count). The van der Waals surface area contributed by atoms with Crippen LogP contribution in [-0.2, 0) is 26.3 Å². The van der Waals surface area contributed by atoms with Crippen molar-refractivity contribution in [3.8, 4) is 23.0 Å². The lowest BCUT2D eigenvalue weighted by atomic mass is 10.1. The second-order valence-corrected chi connectivity index (χ2v) is 9.89. The van der Waals surface area contributed by atoms with Crippen LogP contribution in [0.5, 0.6) is 23.0 Å². The minimum Gasteiger partial charge on any atom is -0.497 e. The predicted molar refractivity (Wildman–Crippen MR) is 143 cm³/mol. The highest BCUT2D eigenvalue weighted by atomic mass is 35.5. The number of aliphatic hydroxyl groups excluding tert-OH is 1. The van der Waals surface area contributed by atoms with Gasteiger partial charge in [-0.1, -0.05) is 23.7 Å². The van der Waals surface area contributed by atoms with Gasteiger partial charge in [0.2, 0.25) is 6.79 Å². The number of ether oxygens (including phenoxy) is 4. The molecule has 1 aliphatic rings. The van der Waals surface area contributed by atoms with Gasteiger partial charge < -0.3 is 29.0 Å². The van der Waals surface area contributed by atoms with Gasteiger partial charge in [-0.05, 0) is 54.1 Å². The van der Waals surface area contributed by atoms with Crippen LogP contribution in [0.1, 0.15) is 32.2 Å². The van der Waals surface area contributed by atoms with Crippen LogP contribution < -0.4 is 18.9 Å². The Morgan fingerprint density at radius 2 is 1.97 bits per heavy atom. The summed E-state index contributed by atoms with van der Waals surface area (Å²) in [6.07, 6.45) is 0. The minimum atomic E-state index is -0.181. The summed E-state index contributed by atoms with van der Waals surface area (Å²) in [7, 11) is 1.56. The van der Waals surface area contributed by atoms with Crippen LogP contribution in [0.25, 0.3) is 0 Å². The van der Waals surface area contributed by atoms with Gasteiger partial charge in [0.05, 0.1) is 26.0 Å². The highest BCUT2D eigenvalue weighted by molar-refractivity contribution is 7.09. The topological polar surface area (TPSA) is 90.4 Å². The number of rotatable bonds is 10. The van der Waals surface area contributed by atoms with E-state index in [1.54, 1.807) is 59.9 Å². The molecule has 196 valence electrons. The fourth-order valence-electron chi connectivity index (χ4n) is 4.04. The van der Waals surface area contributed by atoms with Crippen LogP contribution in [0.15, 0.2) is 66.0 Å².